The van der Waals surface area contributed by atoms with E-state index in [1.54, 1.807) is 24.3 Å². The van der Waals surface area contributed by atoms with Gasteiger partial charge in [-0.3, -0.25) is 4.79 Å². The molecule has 1 aliphatic heterocycles. The normalized spacial score (nSPS) is 16.2. The number of aromatic nitrogens is 1. The Bertz CT molecular complexity index is 1480. The maximum Gasteiger partial charge on any atom is 0.244 e. The second-order valence-corrected chi connectivity index (χ2v) is 10.8. The van der Waals surface area contributed by atoms with Gasteiger partial charge in [0.25, 0.3) is 0 Å². The first-order valence-electron chi connectivity index (χ1n) is 11.6. The number of H-pyrrole nitrogens is 1. The summed E-state index contributed by atoms with van der Waals surface area (Å²) in [5.74, 6) is -0.320. The number of aryl methyl sites for hydroxylation is 1. The van der Waals surface area contributed by atoms with Crippen molar-refractivity contribution in [2.45, 2.75) is 43.9 Å². The van der Waals surface area contributed by atoms with Gasteiger partial charge in [0.2, 0.25) is 15.9 Å². The van der Waals surface area contributed by atoms with Gasteiger partial charge < -0.3 is 16.0 Å². The first-order valence-corrected chi connectivity index (χ1v) is 13.0. The minimum absolute atomic E-state index is 0.101. The lowest BCUT2D eigenvalue weighted by atomic mass is 9.98. The predicted octanol–water partition coefficient (Wildman–Crippen LogP) is 3.37. The number of nitrogens with one attached hydrogen (secondary N) is 2. The smallest absolute Gasteiger partial charge is 0.244 e. The molecule has 5 rings (SSSR count). The van der Waals surface area contributed by atoms with Crippen LogP contribution in [0.3, 0.4) is 0 Å². The van der Waals surface area contributed by atoms with E-state index in [4.69, 9.17) is 5.73 Å². The van der Waals surface area contributed by atoms with E-state index in [0.29, 0.717) is 19.5 Å². The van der Waals surface area contributed by atoms with E-state index in [9.17, 15) is 13.2 Å². The van der Waals surface area contributed by atoms with Crippen LogP contribution in [0.1, 0.15) is 27.9 Å². The average Bonchev–Trinajstić information content (AvgIpc) is 3.25. The van der Waals surface area contributed by atoms with E-state index in [2.05, 4.69) is 10.3 Å². The van der Waals surface area contributed by atoms with Gasteiger partial charge in [-0.1, -0.05) is 60.2 Å². The molecule has 1 aromatic heterocycles. The summed E-state index contributed by atoms with van der Waals surface area (Å²) in [6, 6.07) is 21.4. The van der Waals surface area contributed by atoms with Gasteiger partial charge in [0.15, 0.2) is 0 Å². The SMILES string of the molecule is Cc1ccc(S(=O)(=O)N2Cc3[nH]c4ccccc4c3CC2C(=O)NCc2ccc(CN)cc2)cc1. The molecule has 1 unspecified atom stereocenters. The molecular weight excluding hydrogens is 460 g/mol. The summed E-state index contributed by atoms with van der Waals surface area (Å²) in [4.78, 5) is 17.0. The van der Waals surface area contributed by atoms with E-state index < -0.39 is 16.1 Å². The fraction of sp³-hybridized carbons (Fsp3) is 0.222. The van der Waals surface area contributed by atoms with Crippen LogP contribution in [-0.4, -0.2) is 29.7 Å². The number of benzene rings is 3. The van der Waals surface area contributed by atoms with Gasteiger partial charge in [-0.15, -0.1) is 0 Å². The molecule has 1 aliphatic rings. The van der Waals surface area contributed by atoms with Crippen molar-refractivity contribution < 1.29 is 13.2 Å². The van der Waals surface area contributed by atoms with E-state index in [0.717, 1.165) is 38.9 Å². The van der Waals surface area contributed by atoms with Crippen LogP contribution in [0.5, 0.6) is 0 Å². The van der Waals surface area contributed by atoms with E-state index in [1.807, 2.05) is 55.5 Å². The molecule has 7 nitrogen and oxygen atoms in total. The zero-order valence-electron chi connectivity index (χ0n) is 19.5. The zero-order chi connectivity index (χ0) is 24.6. The van der Waals surface area contributed by atoms with E-state index in [1.165, 1.54) is 4.31 Å². The molecule has 4 aromatic rings. The van der Waals surface area contributed by atoms with Crippen LogP contribution in [0.2, 0.25) is 0 Å². The van der Waals surface area contributed by atoms with Crippen LogP contribution in [0.4, 0.5) is 0 Å². The van der Waals surface area contributed by atoms with Crippen molar-refractivity contribution in [3.05, 3.63) is 101 Å². The van der Waals surface area contributed by atoms with Crippen LogP contribution < -0.4 is 11.1 Å². The Morgan fingerprint density at radius 2 is 1.71 bits per heavy atom. The first kappa shape index (κ1) is 23.3. The molecule has 0 saturated carbocycles. The summed E-state index contributed by atoms with van der Waals surface area (Å²) < 4.78 is 28.7. The lowest BCUT2D eigenvalue weighted by molar-refractivity contribution is -0.125. The van der Waals surface area contributed by atoms with Crippen molar-refractivity contribution in [2.24, 2.45) is 5.73 Å². The number of hydrogen-bond acceptors (Lipinski definition) is 4. The Balaban J connectivity index is 1.48. The zero-order valence-corrected chi connectivity index (χ0v) is 20.3. The number of hydrogen-bond donors (Lipinski definition) is 3. The number of para-hydroxylation sites is 1. The summed E-state index contributed by atoms with van der Waals surface area (Å²) in [5.41, 5.74) is 11.3. The van der Waals surface area contributed by atoms with Gasteiger partial charge in [0.05, 0.1) is 11.4 Å². The van der Waals surface area contributed by atoms with Gasteiger partial charge in [0, 0.05) is 36.1 Å². The number of carbonyl (C=O) groups is 1. The molecule has 1 atom stereocenters. The van der Waals surface area contributed by atoms with Crippen molar-refractivity contribution in [1.29, 1.82) is 0 Å². The Kier molecular flexibility index (Phi) is 6.19. The third-order valence-electron chi connectivity index (χ3n) is 6.62. The number of aromatic amines is 1. The Morgan fingerprint density at radius 1 is 1.03 bits per heavy atom. The van der Waals surface area contributed by atoms with Crippen LogP contribution in [0, 0.1) is 6.92 Å². The topological polar surface area (TPSA) is 108 Å². The largest absolute Gasteiger partial charge is 0.357 e. The molecule has 180 valence electrons. The third kappa shape index (κ3) is 4.48. The number of nitrogens with zero attached hydrogens (tertiary/aromatic N) is 1. The summed E-state index contributed by atoms with van der Waals surface area (Å²) >= 11 is 0. The van der Waals surface area contributed by atoms with Gasteiger partial charge in [-0.05, 0) is 41.8 Å². The van der Waals surface area contributed by atoms with Gasteiger partial charge >= 0.3 is 0 Å². The highest BCUT2D eigenvalue weighted by atomic mass is 32.2. The number of sulfonamides is 1. The quantitative estimate of drug-likeness (QED) is 0.387. The Morgan fingerprint density at radius 3 is 2.43 bits per heavy atom. The standard InChI is InChI=1S/C27H28N4O3S/c1-18-6-12-21(13-7-18)35(33,34)31-17-25-23(22-4-2-3-5-24(22)30-25)14-26(31)27(32)29-16-20-10-8-19(15-28)9-11-20/h2-13,26,30H,14-17,28H2,1H3,(H,29,32). The summed E-state index contributed by atoms with van der Waals surface area (Å²) in [5, 5.41) is 3.97. The summed E-state index contributed by atoms with van der Waals surface area (Å²) in [6.45, 7) is 2.76. The maximum absolute atomic E-state index is 13.7. The molecule has 0 saturated heterocycles. The average molecular weight is 489 g/mol. The van der Waals surface area contributed by atoms with Crippen LogP contribution in [0.25, 0.3) is 10.9 Å². The highest BCUT2D eigenvalue weighted by molar-refractivity contribution is 7.89. The molecule has 35 heavy (non-hydrogen) atoms. The molecule has 1 amide bonds. The second-order valence-electron chi connectivity index (χ2n) is 8.95. The number of amides is 1. The molecule has 0 radical (unpaired) electrons. The summed E-state index contributed by atoms with van der Waals surface area (Å²) in [7, 11) is -3.91. The third-order valence-corrected chi connectivity index (χ3v) is 8.49. The molecule has 2 heterocycles. The monoisotopic (exact) mass is 488 g/mol. The highest BCUT2D eigenvalue weighted by Crippen LogP contribution is 2.33. The van der Waals surface area contributed by atoms with Crippen LogP contribution in [0.15, 0.2) is 77.7 Å². The Hall–Kier alpha value is -3.46. The van der Waals surface area contributed by atoms with Gasteiger partial charge in [0.1, 0.15) is 6.04 Å². The van der Waals surface area contributed by atoms with Crippen LogP contribution in [-0.2, 0) is 40.9 Å². The molecular formula is C27H28N4O3S. The molecule has 0 spiro atoms. The predicted molar refractivity (Wildman–Crippen MR) is 136 cm³/mol. The molecule has 0 fully saturated rings. The summed E-state index contributed by atoms with van der Waals surface area (Å²) in [6.07, 6.45) is 0.294. The number of fused-ring (bicyclic) bond motifs is 3. The van der Waals surface area contributed by atoms with E-state index >= 15 is 0 Å². The molecule has 4 N–H and O–H groups in total. The molecule has 0 aliphatic carbocycles. The number of nitrogens with two attached hydrogens (primary N) is 1. The van der Waals surface area contributed by atoms with Crippen molar-refractivity contribution in [2.75, 3.05) is 0 Å². The maximum atomic E-state index is 13.7. The van der Waals surface area contributed by atoms with Crippen LogP contribution >= 0.6 is 0 Å². The van der Waals surface area contributed by atoms with Crippen molar-refractivity contribution in [3.8, 4) is 0 Å². The van der Waals surface area contributed by atoms with Crippen molar-refractivity contribution >= 4 is 26.8 Å². The molecule has 8 heteroatoms. The van der Waals surface area contributed by atoms with E-state index in [-0.39, 0.29) is 17.3 Å². The minimum atomic E-state index is -3.91. The van der Waals surface area contributed by atoms with Gasteiger partial charge in [-0.2, -0.15) is 4.31 Å². The lowest BCUT2D eigenvalue weighted by Crippen LogP contribution is -2.52. The second kappa shape index (κ2) is 9.30. The lowest BCUT2D eigenvalue weighted by Gasteiger charge is -2.34. The van der Waals surface area contributed by atoms with Crippen molar-refractivity contribution in [3.63, 3.8) is 0 Å². The minimum Gasteiger partial charge on any atom is -0.357 e. The molecule has 0 bridgehead atoms. The number of carbonyl (C=O) groups excluding carboxylic acids is 1. The Labute approximate surface area is 205 Å². The highest BCUT2D eigenvalue weighted by Gasteiger charge is 2.40. The van der Waals surface area contributed by atoms with Crippen molar-refractivity contribution in [1.82, 2.24) is 14.6 Å². The number of rotatable bonds is 6. The fourth-order valence-corrected chi connectivity index (χ4v) is 6.16. The first-order chi connectivity index (χ1) is 16.9. The molecule has 3 aromatic carbocycles. The fourth-order valence-electron chi connectivity index (χ4n) is 4.61. The van der Waals surface area contributed by atoms with Gasteiger partial charge in [-0.25, -0.2) is 8.42 Å².